The monoisotopic (exact) mass is 490 g/mol. The van der Waals surface area contributed by atoms with Crippen LogP contribution < -0.4 is 5.32 Å². The lowest BCUT2D eigenvalue weighted by Crippen LogP contribution is -2.38. The van der Waals surface area contributed by atoms with E-state index in [0.717, 1.165) is 5.56 Å². The summed E-state index contributed by atoms with van der Waals surface area (Å²) in [5.41, 5.74) is 2.23. The summed E-state index contributed by atoms with van der Waals surface area (Å²) in [5.74, 6) is -1.59. The number of nitrogens with zero attached hydrogens (tertiary/aromatic N) is 1. The number of allylic oxidation sites excluding steroid dienone is 1. The molecule has 0 spiro atoms. The lowest BCUT2D eigenvalue weighted by molar-refractivity contribution is -0.140. The van der Waals surface area contributed by atoms with Crippen LogP contribution in [0.25, 0.3) is 0 Å². The molecule has 186 valence electrons. The van der Waals surface area contributed by atoms with Crippen molar-refractivity contribution in [3.05, 3.63) is 106 Å². The molecule has 1 aliphatic heterocycles. The number of carbonyl (C=O) groups excluding carboxylic acids is 3. The molecular formula is C28H27FN2O5. The summed E-state index contributed by atoms with van der Waals surface area (Å²) >= 11 is 0. The van der Waals surface area contributed by atoms with E-state index < -0.39 is 17.7 Å². The standard InChI is InChI=1S/C28H27FN2O5/c1-3-35-28(34)26-18(2)31(25(32)15-23(26)22-8-4-5-9-24(22)29)17-19-10-12-20(13-11-19)27(33)30-16-21-7-6-14-36-21/h4-14,23H,3,15-17H2,1-2H3,(H,30,33). The molecule has 2 heterocycles. The van der Waals surface area contributed by atoms with Crippen LogP contribution >= 0.6 is 0 Å². The molecular weight excluding hydrogens is 463 g/mol. The summed E-state index contributed by atoms with van der Waals surface area (Å²) in [7, 11) is 0. The number of benzene rings is 2. The van der Waals surface area contributed by atoms with Gasteiger partial charge >= 0.3 is 5.97 Å². The van der Waals surface area contributed by atoms with Crippen LogP contribution in [-0.4, -0.2) is 29.3 Å². The summed E-state index contributed by atoms with van der Waals surface area (Å²) in [6, 6.07) is 16.5. The fraction of sp³-hybridized carbons (Fsp3) is 0.250. The molecule has 0 bridgehead atoms. The normalized spacial score (nSPS) is 15.7. The van der Waals surface area contributed by atoms with Crippen molar-refractivity contribution in [1.29, 1.82) is 0 Å². The van der Waals surface area contributed by atoms with Gasteiger partial charge in [0.1, 0.15) is 11.6 Å². The first kappa shape index (κ1) is 24.9. The van der Waals surface area contributed by atoms with Crippen LogP contribution in [0.4, 0.5) is 4.39 Å². The molecule has 0 radical (unpaired) electrons. The largest absolute Gasteiger partial charge is 0.467 e. The average Bonchev–Trinajstić information content (AvgIpc) is 3.39. The molecule has 1 aromatic heterocycles. The number of hydrogen-bond acceptors (Lipinski definition) is 5. The van der Waals surface area contributed by atoms with Gasteiger partial charge in [0.15, 0.2) is 0 Å². The average molecular weight is 491 g/mol. The molecule has 3 aromatic rings. The van der Waals surface area contributed by atoms with Crippen molar-refractivity contribution in [2.24, 2.45) is 0 Å². The minimum Gasteiger partial charge on any atom is -0.467 e. The van der Waals surface area contributed by atoms with Crippen molar-refractivity contribution in [2.45, 2.75) is 39.3 Å². The lowest BCUT2D eigenvalue weighted by Gasteiger charge is -2.34. The predicted octanol–water partition coefficient (Wildman–Crippen LogP) is 4.70. The molecule has 1 atom stereocenters. The Balaban J connectivity index is 1.55. The number of halogens is 1. The highest BCUT2D eigenvalue weighted by atomic mass is 19.1. The van der Waals surface area contributed by atoms with Crippen molar-refractivity contribution in [3.8, 4) is 0 Å². The van der Waals surface area contributed by atoms with E-state index in [-0.39, 0.29) is 49.1 Å². The van der Waals surface area contributed by atoms with Crippen LogP contribution in [-0.2, 0) is 27.4 Å². The molecule has 1 N–H and O–H groups in total. The second kappa shape index (κ2) is 11.0. The molecule has 7 nitrogen and oxygen atoms in total. The second-order valence-corrected chi connectivity index (χ2v) is 8.44. The Labute approximate surface area is 208 Å². The zero-order chi connectivity index (χ0) is 25.7. The number of rotatable bonds is 8. The van der Waals surface area contributed by atoms with Gasteiger partial charge in [-0.25, -0.2) is 9.18 Å². The third kappa shape index (κ3) is 5.38. The van der Waals surface area contributed by atoms with E-state index in [2.05, 4.69) is 5.32 Å². The predicted molar refractivity (Wildman–Crippen MR) is 130 cm³/mol. The maximum atomic E-state index is 14.6. The van der Waals surface area contributed by atoms with Gasteiger partial charge in [-0.15, -0.1) is 0 Å². The topological polar surface area (TPSA) is 88.8 Å². The molecule has 36 heavy (non-hydrogen) atoms. The molecule has 0 fully saturated rings. The smallest absolute Gasteiger partial charge is 0.336 e. The van der Waals surface area contributed by atoms with Gasteiger partial charge < -0.3 is 19.4 Å². The fourth-order valence-corrected chi connectivity index (χ4v) is 4.33. The second-order valence-electron chi connectivity index (χ2n) is 8.44. The Morgan fingerprint density at radius 2 is 1.86 bits per heavy atom. The first-order chi connectivity index (χ1) is 17.4. The van der Waals surface area contributed by atoms with Crippen LogP contribution in [0.2, 0.25) is 0 Å². The van der Waals surface area contributed by atoms with Gasteiger partial charge in [0.05, 0.1) is 31.5 Å². The molecule has 2 aromatic carbocycles. The molecule has 8 heteroatoms. The number of amides is 2. The van der Waals surface area contributed by atoms with Gasteiger partial charge in [-0.1, -0.05) is 30.3 Å². The van der Waals surface area contributed by atoms with Gasteiger partial charge in [0.2, 0.25) is 5.91 Å². The Hall–Kier alpha value is -4.20. The van der Waals surface area contributed by atoms with Crippen molar-refractivity contribution in [2.75, 3.05) is 6.61 Å². The Kier molecular flexibility index (Phi) is 7.63. The summed E-state index contributed by atoms with van der Waals surface area (Å²) in [6.07, 6.45) is 1.49. The summed E-state index contributed by atoms with van der Waals surface area (Å²) in [4.78, 5) is 40.0. The van der Waals surface area contributed by atoms with Crippen molar-refractivity contribution in [1.82, 2.24) is 10.2 Å². The van der Waals surface area contributed by atoms with Crippen molar-refractivity contribution in [3.63, 3.8) is 0 Å². The van der Waals surface area contributed by atoms with E-state index in [1.165, 1.54) is 11.0 Å². The SMILES string of the molecule is CCOC(=O)C1=C(C)N(Cc2ccc(C(=O)NCc3ccco3)cc2)C(=O)CC1c1ccccc1F. The van der Waals surface area contributed by atoms with E-state index in [4.69, 9.17) is 9.15 Å². The summed E-state index contributed by atoms with van der Waals surface area (Å²) in [5, 5.41) is 2.78. The van der Waals surface area contributed by atoms with E-state index in [9.17, 15) is 18.8 Å². The quantitative estimate of drug-likeness (QED) is 0.463. The molecule has 1 unspecified atom stereocenters. The molecule has 0 aliphatic carbocycles. The summed E-state index contributed by atoms with van der Waals surface area (Å²) < 4.78 is 25.1. The Bertz CT molecular complexity index is 1280. The maximum absolute atomic E-state index is 14.6. The molecule has 0 saturated heterocycles. The minimum absolute atomic E-state index is 0.0559. The van der Waals surface area contributed by atoms with Crippen molar-refractivity contribution < 1.29 is 27.9 Å². The van der Waals surface area contributed by atoms with Crippen LogP contribution in [0.3, 0.4) is 0 Å². The zero-order valence-corrected chi connectivity index (χ0v) is 20.1. The number of esters is 1. The van der Waals surface area contributed by atoms with Gasteiger partial charge in [-0.3, -0.25) is 9.59 Å². The van der Waals surface area contributed by atoms with Crippen molar-refractivity contribution >= 4 is 17.8 Å². The minimum atomic E-state index is -0.728. The fourth-order valence-electron chi connectivity index (χ4n) is 4.33. The number of furan rings is 1. The number of carbonyl (C=O) groups is 3. The number of nitrogens with one attached hydrogen (secondary N) is 1. The highest BCUT2D eigenvalue weighted by molar-refractivity contribution is 5.96. The zero-order valence-electron chi connectivity index (χ0n) is 20.1. The van der Waals surface area contributed by atoms with Crippen LogP contribution in [0.15, 0.2) is 82.6 Å². The third-order valence-corrected chi connectivity index (χ3v) is 6.16. The first-order valence-corrected chi connectivity index (χ1v) is 11.7. The first-order valence-electron chi connectivity index (χ1n) is 11.7. The van der Waals surface area contributed by atoms with Crippen LogP contribution in [0.1, 0.15) is 53.4 Å². The highest BCUT2D eigenvalue weighted by Gasteiger charge is 2.37. The number of hydrogen-bond donors (Lipinski definition) is 1. The summed E-state index contributed by atoms with van der Waals surface area (Å²) in [6.45, 7) is 4.01. The molecule has 1 aliphatic rings. The van der Waals surface area contributed by atoms with E-state index >= 15 is 0 Å². The van der Waals surface area contributed by atoms with Gasteiger partial charge in [-0.05, 0) is 55.3 Å². The van der Waals surface area contributed by atoms with Gasteiger partial charge in [-0.2, -0.15) is 0 Å². The third-order valence-electron chi connectivity index (χ3n) is 6.16. The highest BCUT2D eigenvalue weighted by Crippen LogP contribution is 2.38. The van der Waals surface area contributed by atoms with Gasteiger partial charge in [0, 0.05) is 23.6 Å². The lowest BCUT2D eigenvalue weighted by atomic mass is 9.83. The van der Waals surface area contributed by atoms with E-state index in [1.807, 2.05) is 0 Å². The van der Waals surface area contributed by atoms with E-state index in [1.54, 1.807) is 74.7 Å². The van der Waals surface area contributed by atoms with Gasteiger partial charge in [0.25, 0.3) is 5.91 Å². The number of ether oxygens (including phenoxy) is 1. The van der Waals surface area contributed by atoms with Crippen LogP contribution in [0.5, 0.6) is 0 Å². The van der Waals surface area contributed by atoms with Crippen LogP contribution in [0, 0.1) is 5.82 Å². The Morgan fingerprint density at radius 1 is 1.11 bits per heavy atom. The Morgan fingerprint density at radius 3 is 2.53 bits per heavy atom. The molecule has 0 saturated carbocycles. The molecule has 4 rings (SSSR count). The van der Waals surface area contributed by atoms with E-state index in [0.29, 0.717) is 17.0 Å². The maximum Gasteiger partial charge on any atom is 0.336 e. The molecule has 2 amide bonds.